The first-order valence-corrected chi connectivity index (χ1v) is 4.65. The predicted octanol–water partition coefficient (Wildman–Crippen LogP) is 1.58. The van der Waals surface area contributed by atoms with Gasteiger partial charge in [-0.15, -0.1) is 0 Å². The summed E-state index contributed by atoms with van der Waals surface area (Å²) < 4.78 is 0. The first kappa shape index (κ1) is 8.05. The van der Waals surface area contributed by atoms with E-state index < -0.39 is 0 Å². The molecule has 0 heterocycles. The second kappa shape index (κ2) is 5.19. The molecular formula is C4H10S3. The van der Waals surface area contributed by atoms with E-state index in [4.69, 9.17) is 0 Å². The molecule has 0 fully saturated rings. The van der Waals surface area contributed by atoms with Crippen LogP contribution in [0.4, 0.5) is 0 Å². The van der Waals surface area contributed by atoms with E-state index in [0.717, 1.165) is 11.5 Å². The Balaban J connectivity index is 2.99. The maximum absolute atomic E-state index is 4.11. The van der Waals surface area contributed by atoms with Crippen LogP contribution in [0.15, 0.2) is 0 Å². The molecule has 0 nitrogen and oxygen atoms in total. The molecule has 0 amide bonds. The van der Waals surface area contributed by atoms with Crippen LogP contribution in [0.2, 0.25) is 0 Å². The molecular weight excluding hydrogens is 144 g/mol. The molecule has 0 aromatic carbocycles. The summed E-state index contributed by atoms with van der Waals surface area (Å²) >= 11 is 10.0. The quantitative estimate of drug-likeness (QED) is 0.582. The van der Waals surface area contributed by atoms with Gasteiger partial charge >= 0.3 is 0 Å². The third-order valence-electron chi connectivity index (χ3n) is 0.741. The van der Waals surface area contributed by atoms with Crippen molar-refractivity contribution in [2.75, 3.05) is 17.8 Å². The van der Waals surface area contributed by atoms with Crippen molar-refractivity contribution < 1.29 is 0 Å². The van der Waals surface area contributed by atoms with Crippen LogP contribution >= 0.6 is 37.0 Å². The lowest BCUT2D eigenvalue weighted by Gasteiger charge is -2.03. The zero-order chi connectivity index (χ0) is 5.70. The highest BCUT2D eigenvalue weighted by Gasteiger charge is 1.97. The van der Waals surface area contributed by atoms with Crippen LogP contribution in [0.25, 0.3) is 0 Å². The molecule has 44 valence electrons. The SMILES string of the molecule is CSC(CS)CS. The minimum absolute atomic E-state index is 0.631. The number of rotatable bonds is 3. The molecule has 0 bridgehead atoms. The zero-order valence-electron chi connectivity index (χ0n) is 4.29. The molecule has 0 spiro atoms. The van der Waals surface area contributed by atoms with Gasteiger partial charge < -0.3 is 0 Å². The third-order valence-corrected chi connectivity index (χ3v) is 3.12. The molecule has 0 atom stereocenters. The zero-order valence-corrected chi connectivity index (χ0v) is 6.90. The number of thiol groups is 2. The third kappa shape index (κ3) is 3.62. The Hall–Kier alpha value is 1.05. The molecule has 7 heavy (non-hydrogen) atoms. The normalized spacial score (nSPS) is 10.3. The molecule has 0 aliphatic heterocycles. The van der Waals surface area contributed by atoms with Gasteiger partial charge in [-0.3, -0.25) is 0 Å². The first-order valence-electron chi connectivity index (χ1n) is 2.09. The number of thioether (sulfide) groups is 1. The van der Waals surface area contributed by atoms with Crippen LogP contribution in [0.5, 0.6) is 0 Å². The molecule has 3 heteroatoms. The van der Waals surface area contributed by atoms with Gasteiger partial charge in [0.2, 0.25) is 0 Å². The molecule has 0 radical (unpaired) electrons. The summed E-state index contributed by atoms with van der Waals surface area (Å²) in [5, 5.41) is 0.631. The molecule has 0 unspecified atom stereocenters. The lowest BCUT2D eigenvalue weighted by atomic mass is 10.6. The average Bonchev–Trinajstić information content (AvgIpc) is 1.72. The highest BCUT2D eigenvalue weighted by atomic mass is 32.2. The topological polar surface area (TPSA) is 0 Å². The van der Waals surface area contributed by atoms with Crippen molar-refractivity contribution in [1.29, 1.82) is 0 Å². The van der Waals surface area contributed by atoms with Crippen LogP contribution in [-0.4, -0.2) is 23.0 Å². The standard InChI is InChI=1S/C4H10S3/c1-7-4(2-5)3-6/h4-6H,2-3H2,1H3. The Bertz CT molecular complexity index is 28.4. The number of hydrogen-bond acceptors (Lipinski definition) is 3. The van der Waals surface area contributed by atoms with E-state index in [0.29, 0.717) is 5.25 Å². The Morgan fingerprint density at radius 3 is 1.86 bits per heavy atom. The van der Waals surface area contributed by atoms with Crippen LogP contribution in [0, 0.1) is 0 Å². The van der Waals surface area contributed by atoms with E-state index in [2.05, 4.69) is 31.5 Å². The molecule has 0 rings (SSSR count). The largest absolute Gasteiger partial charge is 0.178 e. The summed E-state index contributed by atoms with van der Waals surface area (Å²) in [6.45, 7) is 0. The van der Waals surface area contributed by atoms with Gasteiger partial charge in [0.15, 0.2) is 0 Å². The minimum Gasteiger partial charge on any atom is -0.178 e. The Morgan fingerprint density at radius 2 is 1.86 bits per heavy atom. The molecule has 0 aliphatic rings. The van der Waals surface area contributed by atoms with E-state index in [1.165, 1.54) is 0 Å². The summed E-state index contributed by atoms with van der Waals surface area (Å²) in [6, 6.07) is 0. The maximum atomic E-state index is 4.11. The lowest BCUT2D eigenvalue weighted by molar-refractivity contribution is 1.16. The monoisotopic (exact) mass is 154 g/mol. The van der Waals surface area contributed by atoms with Gasteiger partial charge in [0.25, 0.3) is 0 Å². The van der Waals surface area contributed by atoms with E-state index >= 15 is 0 Å². The maximum Gasteiger partial charge on any atom is 0.0220 e. The van der Waals surface area contributed by atoms with Crippen LogP contribution in [-0.2, 0) is 0 Å². The molecule has 0 N–H and O–H groups in total. The highest BCUT2D eigenvalue weighted by molar-refractivity contribution is 8.00. The molecule has 0 saturated carbocycles. The lowest BCUT2D eigenvalue weighted by Crippen LogP contribution is -2.04. The van der Waals surface area contributed by atoms with Gasteiger partial charge in [-0.2, -0.15) is 37.0 Å². The average molecular weight is 154 g/mol. The van der Waals surface area contributed by atoms with Gasteiger partial charge in [0.05, 0.1) is 0 Å². The fraction of sp³-hybridized carbons (Fsp3) is 1.00. The van der Waals surface area contributed by atoms with Crippen LogP contribution in [0.3, 0.4) is 0 Å². The van der Waals surface area contributed by atoms with E-state index in [1.54, 1.807) is 0 Å². The van der Waals surface area contributed by atoms with Crippen LogP contribution in [0.1, 0.15) is 0 Å². The van der Waals surface area contributed by atoms with E-state index in [9.17, 15) is 0 Å². The van der Waals surface area contributed by atoms with Gasteiger partial charge in [-0.25, -0.2) is 0 Å². The minimum atomic E-state index is 0.631. The highest BCUT2D eigenvalue weighted by Crippen LogP contribution is 2.08. The smallest absolute Gasteiger partial charge is 0.0220 e. The predicted molar refractivity (Wildman–Crippen MR) is 45.0 cm³/mol. The van der Waals surface area contributed by atoms with Crippen molar-refractivity contribution >= 4 is 37.0 Å². The van der Waals surface area contributed by atoms with Crippen molar-refractivity contribution in [3.63, 3.8) is 0 Å². The molecule has 0 aliphatic carbocycles. The van der Waals surface area contributed by atoms with E-state index in [1.807, 2.05) is 11.8 Å². The van der Waals surface area contributed by atoms with Crippen LogP contribution < -0.4 is 0 Å². The Labute approximate surface area is 60.3 Å². The molecule has 0 saturated heterocycles. The number of hydrogen-bond donors (Lipinski definition) is 2. The van der Waals surface area contributed by atoms with Crippen molar-refractivity contribution in [3.8, 4) is 0 Å². The summed E-state index contributed by atoms with van der Waals surface area (Å²) in [5.74, 6) is 1.87. The van der Waals surface area contributed by atoms with Crippen molar-refractivity contribution in [3.05, 3.63) is 0 Å². The second-order valence-corrected chi connectivity index (χ2v) is 3.09. The van der Waals surface area contributed by atoms with Crippen molar-refractivity contribution in [1.82, 2.24) is 0 Å². The van der Waals surface area contributed by atoms with Crippen molar-refractivity contribution in [2.45, 2.75) is 5.25 Å². The van der Waals surface area contributed by atoms with Gasteiger partial charge in [0.1, 0.15) is 0 Å². The first-order chi connectivity index (χ1) is 3.35. The van der Waals surface area contributed by atoms with Gasteiger partial charge in [0, 0.05) is 16.8 Å². The van der Waals surface area contributed by atoms with Gasteiger partial charge in [-0.05, 0) is 6.26 Å². The Kier molecular flexibility index (Phi) is 5.97. The molecule has 0 aromatic heterocycles. The Morgan fingerprint density at radius 1 is 1.43 bits per heavy atom. The fourth-order valence-corrected chi connectivity index (χ4v) is 1.86. The summed E-state index contributed by atoms with van der Waals surface area (Å²) in [6.07, 6.45) is 2.08. The van der Waals surface area contributed by atoms with E-state index in [-0.39, 0.29) is 0 Å². The van der Waals surface area contributed by atoms with Gasteiger partial charge in [-0.1, -0.05) is 0 Å². The second-order valence-electron chi connectivity index (χ2n) is 1.22. The molecule has 0 aromatic rings. The summed E-state index contributed by atoms with van der Waals surface area (Å²) in [7, 11) is 0. The summed E-state index contributed by atoms with van der Waals surface area (Å²) in [4.78, 5) is 0. The summed E-state index contributed by atoms with van der Waals surface area (Å²) in [5.41, 5.74) is 0. The fourth-order valence-electron chi connectivity index (χ4n) is 0.207. The van der Waals surface area contributed by atoms with Crippen molar-refractivity contribution in [2.24, 2.45) is 0 Å².